The van der Waals surface area contributed by atoms with E-state index in [-0.39, 0.29) is 6.61 Å². The number of aromatic nitrogens is 3. The standard InChI is InChI=1S/C13H16ClN3OS/c1-10(7-18)8-19-9-12-6-17(16-15-12)13-4-2-11(14)3-5-13/h2-6,10,18H,7-9H2,1H3. The van der Waals surface area contributed by atoms with E-state index < -0.39 is 0 Å². The van der Waals surface area contributed by atoms with Crippen LogP contribution in [0.5, 0.6) is 0 Å². The van der Waals surface area contributed by atoms with Gasteiger partial charge < -0.3 is 5.11 Å². The zero-order chi connectivity index (χ0) is 13.7. The predicted molar refractivity (Wildman–Crippen MR) is 78.8 cm³/mol. The monoisotopic (exact) mass is 297 g/mol. The molecular formula is C13H16ClN3OS. The molecule has 1 unspecified atom stereocenters. The molecule has 1 aromatic heterocycles. The Labute approximate surface area is 121 Å². The molecule has 0 saturated carbocycles. The fourth-order valence-electron chi connectivity index (χ4n) is 1.50. The minimum atomic E-state index is 0.227. The third-order valence-electron chi connectivity index (χ3n) is 2.60. The Kier molecular flexibility index (Phi) is 5.24. The molecule has 19 heavy (non-hydrogen) atoms. The van der Waals surface area contributed by atoms with Crippen LogP contribution < -0.4 is 0 Å². The molecular weight excluding hydrogens is 282 g/mol. The fourth-order valence-corrected chi connectivity index (χ4v) is 2.59. The summed E-state index contributed by atoms with van der Waals surface area (Å²) in [6.07, 6.45) is 1.92. The topological polar surface area (TPSA) is 50.9 Å². The normalized spacial score (nSPS) is 12.6. The summed E-state index contributed by atoms with van der Waals surface area (Å²) in [5, 5.41) is 17.9. The van der Waals surface area contributed by atoms with Crippen LogP contribution in [0, 0.1) is 5.92 Å². The molecule has 0 saturated heterocycles. The lowest BCUT2D eigenvalue weighted by Gasteiger charge is -2.05. The Balaban J connectivity index is 1.93. The summed E-state index contributed by atoms with van der Waals surface area (Å²) in [4.78, 5) is 0. The molecule has 2 rings (SSSR count). The third-order valence-corrected chi connectivity index (χ3v) is 4.15. The van der Waals surface area contributed by atoms with Crippen LogP contribution in [0.3, 0.4) is 0 Å². The first-order valence-electron chi connectivity index (χ1n) is 6.05. The van der Waals surface area contributed by atoms with Gasteiger partial charge in [-0.3, -0.25) is 0 Å². The van der Waals surface area contributed by atoms with Gasteiger partial charge in [-0.1, -0.05) is 23.7 Å². The lowest BCUT2D eigenvalue weighted by atomic mass is 10.2. The van der Waals surface area contributed by atoms with E-state index in [2.05, 4.69) is 10.3 Å². The highest BCUT2D eigenvalue weighted by Crippen LogP contribution is 2.16. The average Bonchev–Trinajstić information content (AvgIpc) is 2.88. The second-order valence-electron chi connectivity index (χ2n) is 4.43. The maximum atomic E-state index is 8.95. The van der Waals surface area contributed by atoms with Gasteiger partial charge in [0.15, 0.2) is 0 Å². The van der Waals surface area contributed by atoms with E-state index in [0.717, 1.165) is 22.9 Å². The number of rotatable bonds is 6. The molecule has 4 nitrogen and oxygen atoms in total. The van der Waals surface area contributed by atoms with Crippen molar-refractivity contribution in [3.63, 3.8) is 0 Å². The molecule has 1 N–H and O–H groups in total. The van der Waals surface area contributed by atoms with Crippen molar-refractivity contribution in [1.82, 2.24) is 15.0 Å². The van der Waals surface area contributed by atoms with E-state index in [0.29, 0.717) is 10.9 Å². The number of hydrogen-bond donors (Lipinski definition) is 1. The van der Waals surface area contributed by atoms with Crippen LogP contribution in [0.15, 0.2) is 30.5 Å². The first-order valence-corrected chi connectivity index (χ1v) is 7.58. The molecule has 0 spiro atoms. The maximum Gasteiger partial charge on any atom is 0.0930 e. The molecule has 1 heterocycles. The van der Waals surface area contributed by atoms with Crippen LogP contribution in [0.2, 0.25) is 5.02 Å². The predicted octanol–water partition coefficient (Wildman–Crippen LogP) is 2.78. The Bertz CT molecular complexity index is 515. The summed E-state index contributed by atoms with van der Waals surface area (Å²) in [5.41, 5.74) is 1.88. The molecule has 6 heteroatoms. The molecule has 102 valence electrons. The van der Waals surface area contributed by atoms with Crippen molar-refractivity contribution in [1.29, 1.82) is 0 Å². The molecule has 0 amide bonds. The van der Waals surface area contributed by atoms with Crippen LogP contribution in [0.4, 0.5) is 0 Å². The molecule has 0 aliphatic rings. The number of aliphatic hydroxyl groups excluding tert-OH is 1. The van der Waals surface area contributed by atoms with E-state index in [4.69, 9.17) is 16.7 Å². The zero-order valence-corrected chi connectivity index (χ0v) is 12.2. The van der Waals surface area contributed by atoms with E-state index in [1.807, 2.05) is 37.4 Å². The van der Waals surface area contributed by atoms with E-state index in [9.17, 15) is 0 Å². The Morgan fingerprint density at radius 1 is 1.37 bits per heavy atom. The first-order chi connectivity index (χ1) is 9.19. The van der Waals surface area contributed by atoms with Crippen molar-refractivity contribution in [3.05, 3.63) is 41.2 Å². The summed E-state index contributed by atoms with van der Waals surface area (Å²) in [6, 6.07) is 7.47. The Hall–Kier alpha value is -1.04. The number of halogens is 1. The van der Waals surface area contributed by atoms with Crippen LogP contribution in [0.25, 0.3) is 5.69 Å². The largest absolute Gasteiger partial charge is 0.396 e. The fraction of sp³-hybridized carbons (Fsp3) is 0.385. The smallest absolute Gasteiger partial charge is 0.0930 e. The van der Waals surface area contributed by atoms with Crippen molar-refractivity contribution in [2.24, 2.45) is 5.92 Å². The summed E-state index contributed by atoms with van der Waals surface area (Å²) < 4.78 is 1.74. The summed E-state index contributed by atoms with van der Waals surface area (Å²) >= 11 is 7.60. The Morgan fingerprint density at radius 3 is 2.79 bits per heavy atom. The number of nitrogens with zero attached hydrogens (tertiary/aromatic N) is 3. The minimum Gasteiger partial charge on any atom is -0.396 e. The highest BCUT2D eigenvalue weighted by atomic mass is 35.5. The van der Waals surface area contributed by atoms with Gasteiger partial charge in [0.1, 0.15) is 0 Å². The molecule has 0 bridgehead atoms. The van der Waals surface area contributed by atoms with Gasteiger partial charge in [-0.05, 0) is 35.9 Å². The zero-order valence-electron chi connectivity index (χ0n) is 10.7. The molecule has 0 aliphatic carbocycles. The molecule has 0 radical (unpaired) electrons. The number of thioether (sulfide) groups is 1. The number of aliphatic hydroxyl groups is 1. The van der Waals surface area contributed by atoms with E-state index >= 15 is 0 Å². The van der Waals surface area contributed by atoms with Crippen LogP contribution in [0.1, 0.15) is 12.6 Å². The lowest BCUT2D eigenvalue weighted by Crippen LogP contribution is -2.03. The molecule has 1 atom stereocenters. The van der Waals surface area contributed by atoms with Gasteiger partial charge in [0.2, 0.25) is 0 Å². The Morgan fingerprint density at radius 2 is 2.11 bits per heavy atom. The molecule has 0 fully saturated rings. The third kappa shape index (κ3) is 4.23. The maximum absolute atomic E-state index is 8.95. The van der Waals surface area contributed by atoms with Gasteiger partial charge in [-0.15, -0.1) is 5.10 Å². The lowest BCUT2D eigenvalue weighted by molar-refractivity contribution is 0.250. The SMILES string of the molecule is CC(CO)CSCc1cn(-c2ccc(Cl)cc2)nn1. The van der Waals surface area contributed by atoms with Gasteiger partial charge in [-0.25, -0.2) is 4.68 Å². The number of benzene rings is 1. The van der Waals surface area contributed by atoms with Gasteiger partial charge in [0, 0.05) is 17.4 Å². The quantitative estimate of drug-likeness (QED) is 0.891. The van der Waals surface area contributed by atoms with Gasteiger partial charge in [-0.2, -0.15) is 11.8 Å². The second-order valence-corrected chi connectivity index (χ2v) is 5.90. The van der Waals surface area contributed by atoms with Gasteiger partial charge >= 0.3 is 0 Å². The van der Waals surface area contributed by atoms with Crippen LogP contribution >= 0.6 is 23.4 Å². The minimum absolute atomic E-state index is 0.227. The van der Waals surface area contributed by atoms with Crippen molar-refractivity contribution in [3.8, 4) is 5.69 Å². The van der Waals surface area contributed by atoms with Gasteiger partial charge in [0.25, 0.3) is 0 Å². The molecule has 2 aromatic rings. The summed E-state index contributed by atoms with van der Waals surface area (Å²) in [6.45, 7) is 2.25. The average molecular weight is 298 g/mol. The second kappa shape index (κ2) is 6.93. The molecule has 1 aromatic carbocycles. The number of hydrogen-bond acceptors (Lipinski definition) is 4. The highest BCUT2D eigenvalue weighted by Gasteiger charge is 2.05. The summed E-state index contributed by atoms with van der Waals surface area (Å²) in [7, 11) is 0. The van der Waals surface area contributed by atoms with E-state index in [1.54, 1.807) is 16.4 Å². The van der Waals surface area contributed by atoms with Crippen LogP contribution in [-0.4, -0.2) is 32.5 Å². The molecule has 0 aliphatic heterocycles. The van der Waals surface area contributed by atoms with Crippen molar-refractivity contribution >= 4 is 23.4 Å². The van der Waals surface area contributed by atoms with Crippen LogP contribution in [-0.2, 0) is 5.75 Å². The van der Waals surface area contributed by atoms with Crippen molar-refractivity contribution in [2.45, 2.75) is 12.7 Å². The van der Waals surface area contributed by atoms with E-state index in [1.165, 1.54) is 0 Å². The van der Waals surface area contributed by atoms with Crippen molar-refractivity contribution < 1.29 is 5.11 Å². The summed E-state index contributed by atoms with van der Waals surface area (Å²) in [5.74, 6) is 2.04. The highest BCUT2D eigenvalue weighted by molar-refractivity contribution is 7.98. The van der Waals surface area contributed by atoms with Gasteiger partial charge in [0.05, 0.1) is 17.6 Å². The van der Waals surface area contributed by atoms with Crippen molar-refractivity contribution in [2.75, 3.05) is 12.4 Å². The first kappa shape index (κ1) is 14.4.